The number of carbonyl (C=O) groups is 3. The lowest BCUT2D eigenvalue weighted by molar-refractivity contribution is -0.128. The molecule has 3 aromatic rings. The van der Waals surface area contributed by atoms with Gasteiger partial charge in [0.25, 0.3) is 11.8 Å². The van der Waals surface area contributed by atoms with Gasteiger partial charge in [0.05, 0.1) is 23.0 Å². The number of anilines is 4. The standard InChI is InChI=1S/C29H29N5O3/c1-29(2,3)16-17-33-23-14-7-8-15-24(23)34(22-12-5-4-6-13-22)27(36)25(26(33)35)32-28(37)31-21-11-9-10-20(18-21)19-30/h4-15,18,25H,16-17H2,1-3H3,(H2,31,32,37). The molecule has 0 spiro atoms. The predicted molar refractivity (Wildman–Crippen MR) is 144 cm³/mol. The molecule has 3 aromatic carbocycles. The van der Waals surface area contributed by atoms with Crippen LogP contribution in [0, 0.1) is 16.7 Å². The molecule has 0 aromatic heterocycles. The number of fused-ring (bicyclic) bond motifs is 1. The number of para-hydroxylation sites is 3. The summed E-state index contributed by atoms with van der Waals surface area (Å²) in [5, 5.41) is 14.4. The second-order valence-electron chi connectivity index (χ2n) is 10.0. The molecule has 1 atom stereocenters. The van der Waals surface area contributed by atoms with E-state index in [4.69, 9.17) is 5.26 Å². The maximum absolute atomic E-state index is 13.9. The first kappa shape index (κ1) is 25.5. The first-order valence-corrected chi connectivity index (χ1v) is 12.0. The highest BCUT2D eigenvalue weighted by Crippen LogP contribution is 2.38. The van der Waals surface area contributed by atoms with Crippen molar-refractivity contribution in [2.24, 2.45) is 5.41 Å². The zero-order chi connectivity index (χ0) is 26.6. The molecule has 0 radical (unpaired) electrons. The molecule has 4 amide bonds. The van der Waals surface area contributed by atoms with Gasteiger partial charge in [-0.3, -0.25) is 14.5 Å². The topological polar surface area (TPSA) is 106 Å². The van der Waals surface area contributed by atoms with Crippen LogP contribution in [0.3, 0.4) is 0 Å². The van der Waals surface area contributed by atoms with E-state index in [9.17, 15) is 14.4 Å². The Morgan fingerprint density at radius 2 is 1.59 bits per heavy atom. The van der Waals surface area contributed by atoms with Crippen LogP contribution >= 0.6 is 0 Å². The fourth-order valence-electron chi connectivity index (χ4n) is 4.12. The van der Waals surface area contributed by atoms with Crippen LogP contribution in [0.5, 0.6) is 0 Å². The van der Waals surface area contributed by atoms with Gasteiger partial charge in [-0.25, -0.2) is 4.79 Å². The minimum atomic E-state index is -1.47. The summed E-state index contributed by atoms with van der Waals surface area (Å²) in [5.41, 5.74) is 2.43. The number of hydrogen-bond donors (Lipinski definition) is 2. The molecule has 2 N–H and O–H groups in total. The molecule has 1 aliphatic heterocycles. The minimum absolute atomic E-state index is 0.0588. The zero-order valence-corrected chi connectivity index (χ0v) is 21.1. The van der Waals surface area contributed by atoms with Crippen LogP contribution in [0.1, 0.15) is 32.8 Å². The van der Waals surface area contributed by atoms with Crippen molar-refractivity contribution in [3.05, 3.63) is 84.4 Å². The molecule has 0 saturated heterocycles. The number of carbonyl (C=O) groups excluding carboxylic acids is 3. The van der Waals surface area contributed by atoms with Gasteiger partial charge in [-0.1, -0.05) is 57.2 Å². The fraction of sp³-hybridized carbons (Fsp3) is 0.241. The summed E-state index contributed by atoms with van der Waals surface area (Å²) in [6, 6.07) is 22.5. The van der Waals surface area contributed by atoms with Crippen molar-refractivity contribution < 1.29 is 14.4 Å². The highest BCUT2D eigenvalue weighted by atomic mass is 16.2. The van der Waals surface area contributed by atoms with Crippen molar-refractivity contribution in [2.45, 2.75) is 33.2 Å². The highest BCUT2D eigenvalue weighted by molar-refractivity contribution is 6.24. The van der Waals surface area contributed by atoms with Crippen LogP contribution < -0.4 is 20.4 Å². The minimum Gasteiger partial charge on any atom is -0.318 e. The average Bonchev–Trinajstić information content (AvgIpc) is 2.96. The molecule has 37 heavy (non-hydrogen) atoms. The summed E-state index contributed by atoms with van der Waals surface area (Å²) in [4.78, 5) is 43.9. The lowest BCUT2D eigenvalue weighted by atomic mass is 9.92. The third kappa shape index (κ3) is 5.78. The maximum Gasteiger partial charge on any atom is 0.320 e. The number of rotatable bonds is 5. The second-order valence-corrected chi connectivity index (χ2v) is 10.0. The lowest BCUT2D eigenvalue weighted by Crippen LogP contribution is -2.56. The van der Waals surface area contributed by atoms with E-state index >= 15 is 0 Å². The molecule has 0 aliphatic carbocycles. The van der Waals surface area contributed by atoms with Crippen molar-refractivity contribution in [1.29, 1.82) is 5.26 Å². The summed E-state index contributed by atoms with van der Waals surface area (Å²) in [7, 11) is 0. The van der Waals surface area contributed by atoms with Crippen LogP contribution in [0.4, 0.5) is 27.5 Å². The van der Waals surface area contributed by atoms with Crippen LogP contribution in [0.25, 0.3) is 0 Å². The first-order valence-electron chi connectivity index (χ1n) is 12.0. The van der Waals surface area contributed by atoms with Crippen molar-refractivity contribution in [3.8, 4) is 6.07 Å². The van der Waals surface area contributed by atoms with Gasteiger partial charge in [-0.2, -0.15) is 5.26 Å². The molecule has 188 valence electrons. The monoisotopic (exact) mass is 495 g/mol. The van der Waals surface area contributed by atoms with Crippen LogP contribution in [0.15, 0.2) is 78.9 Å². The Morgan fingerprint density at radius 1 is 0.919 bits per heavy atom. The summed E-state index contributed by atoms with van der Waals surface area (Å²) in [6.45, 7) is 6.63. The zero-order valence-electron chi connectivity index (χ0n) is 21.1. The summed E-state index contributed by atoms with van der Waals surface area (Å²) in [5.74, 6) is -1.08. The van der Waals surface area contributed by atoms with E-state index in [1.807, 2.05) is 42.5 Å². The third-order valence-electron chi connectivity index (χ3n) is 6.02. The molecule has 8 heteroatoms. The number of urea groups is 1. The van der Waals surface area contributed by atoms with E-state index in [0.717, 1.165) is 0 Å². The van der Waals surface area contributed by atoms with Crippen molar-refractivity contribution in [1.82, 2.24) is 5.32 Å². The molecule has 0 bridgehead atoms. The van der Waals surface area contributed by atoms with Crippen molar-refractivity contribution in [3.63, 3.8) is 0 Å². The quantitative estimate of drug-likeness (QED) is 0.475. The third-order valence-corrected chi connectivity index (χ3v) is 6.02. The van der Waals surface area contributed by atoms with Gasteiger partial charge in [-0.05, 0) is 54.3 Å². The van der Waals surface area contributed by atoms with Crippen LogP contribution in [-0.4, -0.2) is 30.4 Å². The molecule has 0 saturated carbocycles. The van der Waals surface area contributed by atoms with Gasteiger partial charge < -0.3 is 15.5 Å². The Hall–Kier alpha value is -4.64. The number of benzene rings is 3. The average molecular weight is 496 g/mol. The SMILES string of the molecule is CC(C)(C)CCN1C(=O)C(NC(=O)Nc2cccc(C#N)c2)C(=O)N(c2ccccc2)c2ccccc21. The van der Waals surface area contributed by atoms with E-state index in [2.05, 4.69) is 31.4 Å². The summed E-state index contributed by atoms with van der Waals surface area (Å²) < 4.78 is 0. The Kier molecular flexibility index (Phi) is 7.25. The molecule has 1 heterocycles. The Morgan fingerprint density at radius 3 is 2.27 bits per heavy atom. The number of nitrogens with one attached hydrogen (secondary N) is 2. The number of amides is 4. The van der Waals surface area contributed by atoms with Gasteiger partial charge >= 0.3 is 6.03 Å². The molecular weight excluding hydrogens is 466 g/mol. The van der Waals surface area contributed by atoms with E-state index in [-0.39, 0.29) is 5.41 Å². The van der Waals surface area contributed by atoms with E-state index in [0.29, 0.717) is 41.3 Å². The van der Waals surface area contributed by atoms with Crippen LogP contribution in [-0.2, 0) is 9.59 Å². The second kappa shape index (κ2) is 10.5. The van der Waals surface area contributed by atoms with Crippen molar-refractivity contribution >= 4 is 40.6 Å². The van der Waals surface area contributed by atoms with E-state index < -0.39 is 23.9 Å². The number of nitriles is 1. The summed E-state index contributed by atoms with van der Waals surface area (Å²) in [6.07, 6.45) is 0.687. The fourth-order valence-corrected chi connectivity index (χ4v) is 4.12. The normalized spacial score (nSPS) is 15.5. The van der Waals surface area contributed by atoms with Gasteiger partial charge in [0.15, 0.2) is 6.04 Å². The molecule has 4 rings (SSSR count). The lowest BCUT2D eigenvalue weighted by Gasteiger charge is -2.28. The van der Waals surface area contributed by atoms with Crippen molar-refractivity contribution in [2.75, 3.05) is 21.7 Å². The number of hydrogen-bond acceptors (Lipinski definition) is 4. The Balaban J connectivity index is 1.73. The Labute approximate surface area is 216 Å². The van der Waals surface area contributed by atoms with E-state index in [1.165, 1.54) is 11.0 Å². The van der Waals surface area contributed by atoms with Crippen LogP contribution in [0.2, 0.25) is 0 Å². The molecule has 1 unspecified atom stereocenters. The van der Waals surface area contributed by atoms with Gasteiger partial charge in [0.2, 0.25) is 0 Å². The first-order chi connectivity index (χ1) is 17.7. The van der Waals surface area contributed by atoms with Gasteiger partial charge in [0.1, 0.15) is 0 Å². The van der Waals surface area contributed by atoms with Gasteiger partial charge in [-0.15, -0.1) is 0 Å². The van der Waals surface area contributed by atoms with Gasteiger partial charge in [0, 0.05) is 17.9 Å². The highest BCUT2D eigenvalue weighted by Gasteiger charge is 2.42. The smallest absolute Gasteiger partial charge is 0.318 e. The molecule has 1 aliphatic rings. The Bertz CT molecular complexity index is 1360. The largest absolute Gasteiger partial charge is 0.320 e. The molecule has 0 fully saturated rings. The maximum atomic E-state index is 13.9. The predicted octanol–water partition coefficient (Wildman–Crippen LogP) is 5.20. The molecule has 8 nitrogen and oxygen atoms in total. The molecular formula is C29H29N5O3. The summed E-state index contributed by atoms with van der Waals surface area (Å²) >= 11 is 0. The van der Waals surface area contributed by atoms with E-state index in [1.54, 1.807) is 41.3 Å². The number of nitrogens with zero attached hydrogens (tertiary/aromatic N) is 3.